The molecular formula is C31H42N6O6. The number of likely N-dealkylation sites (tertiary alicyclic amines) is 1. The van der Waals surface area contributed by atoms with Gasteiger partial charge in [0.1, 0.15) is 6.04 Å². The number of amides is 4. The molecule has 9 N–H and O–H groups in total. The molecule has 2 aromatic carbocycles. The Labute approximate surface area is 250 Å². The molecule has 43 heavy (non-hydrogen) atoms. The molecule has 1 saturated carbocycles. The van der Waals surface area contributed by atoms with E-state index in [2.05, 4.69) is 16.0 Å². The van der Waals surface area contributed by atoms with Crippen LogP contribution in [0.5, 0.6) is 0 Å². The van der Waals surface area contributed by atoms with Gasteiger partial charge in [-0.3, -0.25) is 19.2 Å². The number of aliphatic hydroxyl groups is 2. The second-order valence-corrected chi connectivity index (χ2v) is 12.0. The fourth-order valence-corrected chi connectivity index (χ4v) is 6.05. The van der Waals surface area contributed by atoms with E-state index in [1.54, 1.807) is 26.0 Å². The number of nitrogens with one attached hydrogen (secondary N) is 3. The molecule has 0 spiro atoms. The number of primary amides is 1. The van der Waals surface area contributed by atoms with Crippen LogP contribution in [0.3, 0.4) is 0 Å². The standard InChI is InChI=1S/C31H42N6O6/c1-30(2,43)24(16-32)35-22-15-23(29(42)36-31(26(39)27(33)40)12-6-3-7-13-31)37(18-22)25(38)17-34-28(41)21-11-10-19-8-4-5-9-20(19)14-21/h4-5,8-11,14,16,22-23,26,35,39,43H,3,6-7,12-13,15,17-18,32H2,1-2H3,(H2,33,40)(H,34,41)(H,36,42)/b24-16-. The van der Waals surface area contributed by atoms with Crippen molar-refractivity contribution in [3.05, 3.63) is 59.9 Å². The van der Waals surface area contributed by atoms with Crippen molar-refractivity contribution in [3.8, 4) is 0 Å². The fraction of sp³-hybridized carbons (Fsp3) is 0.484. The second kappa shape index (κ2) is 13.0. The number of benzene rings is 2. The number of carbonyl (C=O) groups is 4. The molecule has 12 nitrogen and oxygen atoms in total. The molecule has 12 heteroatoms. The molecule has 2 aliphatic rings. The summed E-state index contributed by atoms with van der Waals surface area (Å²) >= 11 is 0. The molecule has 0 aromatic heterocycles. The molecule has 2 aromatic rings. The second-order valence-electron chi connectivity index (χ2n) is 12.0. The minimum Gasteiger partial charge on any atom is -0.403 e. The zero-order valence-corrected chi connectivity index (χ0v) is 24.6. The summed E-state index contributed by atoms with van der Waals surface area (Å²) in [5.41, 5.74) is 9.36. The number of fused-ring (bicyclic) bond motifs is 1. The summed E-state index contributed by atoms with van der Waals surface area (Å²) in [5, 5.41) is 31.7. The van der Waals surface area contributed by atoms with Gasteiger partial charge >= 0.3 is 0 Å². The van der Waals surface area contributed by atoms with E-state index in [-0.39, 0.29) is 19.5 Å². The van der Waals surface area contributed by atoms with Crippen LogP contribution in [-0.2, 0) is 14.4 Å². The van der Waals surface area contributed by atoms with E-state index < -0.39 is 53.0 Å². The summed E-state index contributed by atoms with van der Waals surface area (Å²) in [6.45, 7) is 2.84. The first-order valence-electron chi connectivity index (χ1n) is 14.6. The Balaban J connectivity index is 1.52. The predicted octanol–water partition coefficient (Wildman–Crippen LogP) is 0.365. The Hall–Kier alpha value is -4.16. The minimum absolute atomic E-state index is 0.0849. The molecule has 0 bridgehead atoms. The number of aliphatic hydroxyl groups excluding tert-OH is 1. The van der Waals surface area contributed by atoms with Crippen LogP contribution in [0.2, 0.25) is 0 Å². The maximum atomic E-state index is 13.8. The van der Waals surface area contributed by atoms with Crippen molar-refractivity contribution < 1.29 is 29.4 Å². The van der Waals surface area contributed by atoms with Gasteiger partial charge in [-0.25, -0.2) is 0 Å². The van der Waals surface area contributed by atoms with Crippen molar-refractivity contribution in [1.29, 1.82) is 0 Å². The average Bonchev–Trinajstić information content (AvgIpc) is 3.42. The van der Waals surface area contributed by atoms with Crippen LogP contribution in [0, 0.1) is 0 Å². The van der Waals surface area contributed by atoms with Crippen molar-refractivity contribution in [2.75, 3.05) is 13.1 Å². The van der Waals surface area contributed by atoms with E-state index in [0.717, 1.165) is 17.2 Å². The average molecular weight is 595 g/mol. The monoisotopic (exact) mass is 594 g/mol. The lowest BCUT2D eigenvalue weighted by atomic mass is 9.77. The van der Waals surface area contributed by atoms with E-state index >= 15 is 0 Å². The summed E-state index contributed by atoms with van der Waals surface area (Å²) in [4.78, 5) is 53.6. The van der Waals surface area contributed by atoms with E-state index in [4.69, 9.17) is 11.5 Å². The van der Waals surface area contributed by atoms with Gasteiger partial charge in [-0.15, -0.1) is 0 Å². The van der Waals surface area contributed by atoms with Crippen molar-refractivity contribution in [3.63, 3.8) is 0 Å². The maximum absolute atomic E-state index is 13.8. The summed E-state index contributed by atoms with van der Waals surface area (Å²) in [6.07, 6.45) is 2.83. The minimum atomic E-state index is -1.58. The highest BCUT2D eigenvalue weighted by Crippen LogP contribution is 2.32. The van der Waals surface area contributed by atoms with Crippen LogP contribution in [0.1, 0.15) is 62.7 Å². The zero-order chi connectivity index (χ0) is 31.4. The van der Waals surface area contributed by atoms with Crippen molar-refractivity contribution in [2.45, 2.75) is 81.7 Å². The first-order chi connectivity index (χ1) is 20.3. The predicted molar refractivity (Wildman–Crippen MR) is 161 cm³/mol. The van der Waals surface area contributed by atoms with Crippen LogP contribution < -0.4 is 27.4 Å². The third kappa shape index (κ3) is 7.26. The molecule has 3 atom stereocenters. The summed E-state index contributed by atoms with van der Waals surface area (Å²) in [5.74, 6) is -2.40. The number of hydrogen-bond acceptors (Lipinski definition) is 8. The van der Waals surface area contributed by atoms with Gasteiger partial charge in [0.15, 0.2) is 6.10 Å². The number of hydrogen-bond donors (Lipinski definition) is 7. The van der Waals surface area contributed by atoms with Crippen LogP contribution in [0.25, 0.3) is 10.8 Å². The van der Waals surface area contributed by atoms with Crippen molar-refractivity contribution in [1.82, 2.24) is 20.9 Å². The van der Waals surface area contributed by atoms with Gasteiger partial charge < -0.3 is 42.5 Å². The SMILES string of the molecule is CC(C)(O)/C(=C/N)NC1CC(C(=O)NC2(C(O)C(N)=O)CCCCC2)N(C(=O)CNC(=O)c2ccc3ccccc3c2)C1. The lowest BCUT2D eigenvalue weighted by Crippen LogP contribution is -2.64. The van der Waals surface area contributed by atoms with E-state index in [9.17, 15) is 29.4 Å². The van der Waals surface area contributed by atoms with E-state index in [1.807, 2.05) is 30.3 Å². The van der Waals surface area contributed by atoms with Crippen LogP contribution in [0.4, 0.5) is 0 Å². The molecule has 4 amide bonds. The molecule has 1 aliphatic carbocycles. The Kier molecular flexibility index (Phi) is 9.61. The normalized spacial score (nSPS) is 21.2. The third-order valence-corrected chi connectivity index (χ3v) is 8.43. The third-order valence-electron chi connectivity index (χ3n) is 8.43. The van der Waals surface area contributed by atoms with Crippen LogP contribution in [0.15, 0.2) is 54.4 Å². The Morgan fingerprint density at radius 2 is 1.77 bits per heavy atom. The Bertz CT molecular complexity index is 1400. The highest BCUT2D eigenvalue weighted by molar-refractivity contribution is 6.00. The molecular weight excluding hydrogens is 552 g/mol. The van der Waals surface area contributed by atoms with Gasteiger partial charge in [0, 0.05) is 24.4 Å². The molecule has 4 rings (SSSR count). The van der Waals surface area contributed by atoms with Gasteiger partial charge in [-0.2, -0.15) is 0 Å². The lowest BCUT2D eigenvalue weighted by molar-refractivity contribution is -0.142. The maximum Gasteiger partial charge on any atom is 0.251 e. The number of carbonyl (C=O) groups excluding carboxylic acids is 4. The smallest absolute Gasteiger partial charge is 0.251 e. The summed E-state index contributed by atoms with van der Waals surface area (Å²) in [7, 11) is 0. The number of rotatable bonds is 10. The Morgan fingerprint density at radius 1 is 1.09 bits per heavy atom. The first-order valence-corrected chi connectivity index (χ1v) is 14.6. The Morgan fingerprint density at radius 3 is 2.40 bits per heavy atom. The summed E-state index contributed by atoms with van der Waals surface area (Å²) < 4.78 is 0. The number of nitrogens with zero attached hydrogens (tertiary/aromatic N) is 1. The van der Waals surface area contributed by atoms with Crippen LogP contribution in [-0.4, -0.2) is 81.2 Å². The quantitative estimate of drug-likeness (QED) is 0.204. The van der Waals surface area contributed by atoms with Gasteiger partial charge in [0.25, 0.3) is 5.91 Å². The summed E-state index contributed by atoms with van der Waals surface area (Å²) in [6, 6.07) is 11.4. The lowest BCUT2D eigenvalue weighted by Gasteiger charge is -2.41. The van der Waals surface area contributed by atoms with Gasteiger partial charge in [-0.1, -0.05) is 49.6 Å². The molecule has 0 radical (unpaired) electrons. The van der Waals surface area contributed by atoms with Gasteiger partial charge in [0.2, 0.25) is 17.7 Å². The number of nitrogens with two attached hydrogens (primary N) is 2. The van der Waals surface area contributed by atoms with Gasteiger partial charge in [-0.05, 0) is 56.0 Å². The molecule has 2 fully saturated rings. The fourth-order valence-electron chi connectivity index (χ4n) is 6.05. The molecule has 1 saturated heterocycles. The van der Waals surface area contributed by atoms with Gasteiger partial charge in [0.05, 0.1) is 23.4 Å². The van der Waals surface area contributed by atoms with E-state index in [1.165, 1.54) is 11.1 Å². The topological polar surface area (TPSA) is 200 Å². The zero-order valence-electron chi connectivity index (χ0n) is 24.6. The highest BCUT2D eigenvalue weighted by Gasteiger charge is 2.47. The molecule has 1 heterocycles. The van der Waals surface area contributed by atoms with Crippen LogP contribution >= 0.6 is 0 Å². The molecule has 3 unspecified atom stereocenters. The largest absolute Gasteiger partial charge is 0.403 e. The molecule has 1 aliphatic heterocycles. The first kappa shape index (κ1) is 31.8. The highest BCUT2D eigenvalue weighted by atomic mass is 16.3. The van der Waals surface area contributed by atoms with Crippen molar-refractivity contribution in [2.24, 2.45) is 11.5 Å². The molecule has 232 valence electrons. The van der Waals surface area contributed by atoms with Crippen molar-refractivity contribution >= 4 is 34.4 Å². The van der Waals surface area contributed by atoms with E-state index in [0.29, 0.717) is 36.9 Å².